The van der Waals surface area contributed by atoms with E-state index in [-0.39, 0.29) is 0 Å². The largest absolute Gasteiger partial charge is 0.340 e. The van der Waals surface area contributed by atoms with Crippen LogP contribution in [-0.4, -0.2) is 36.0 Å². The predicted molar refractivity (Wildman–Crippen MR) is 47.3 cm³/mol. The summed E-state index contributed by atoms with van der Waals surface area (Å²) >= 11 is 0. The molecule has 0 amide bonds. The van der Waals surface area contributed by atoms with E-state index >= 15 is 0 Å². The van der Waals surface area contributed by atoms with Gasteiger partial charge in [-0.3, -0.25) is 5.01 Å². The van der Waals surface area contributed by atoms with Gasteiger partial charge in [0.25, 0.3) is 0 Å². The van der Waals surface area contributed by atoms with E-state index in [4.69, 9.17) is 0 Å². The topological polar surface area (TPSA) is 18.8 Å². The van der Waals surface area contributed by atoms with Crippen LogP contribution in [0.15, 0.2) is 5.10 Å². The lowest BCUT2D eigenvalue weighted by molar-refractivity contribution is 0.154. The second-order valence-corrected chi connectivity index (χ2v) is 2.90. The molecule has 0 aromatic rings. The maximum Gasteiger partial charge on any atom is 0.118 e. The van der Waals surface area contributed by atoms with Gasteiger partial charge in [0.15, 0.2) is 0 Å². The van der Waals surface area contributed by atoms with E-state index in [0.717, 1.165) is 6.54 Å². The van der Waals surface area contributed by atoms with Crippen molar-refractivity contribution >= 4 is 6.34 Å². The molecule has 0 saturated carbocycles. The molecule has 64 valence electrons. The van der Waals surface area contributed by atoms with Crippen molar-refractivity contribution in [2.75, 3.05) is 13.6 Å². The van der Waals surface area contributed by atoms with Crippen LogP contribution in [0.4, 0.5) is 0 Å². The molecule has 0 fully saturated rings. The average Bonchev–Trinajstić information content (AvgIpc) is 2.34. The van der Waals surface area contributed by atoms with E-state index in [1.165, 1.54) is 12.8 Å². The number of hydrogen-bond acceptors (Lipinski definition) is 3. The highest BCUT2D eigenvalue weighted by Gasteiger charge is 2.21. The van der Waals surface area contributed by atoms with Crippen molar-refractivity contribution in [1.82, 2.24) is 9.91 Å². The van der Waals surface area contributed by atoms with Gasteiger partial charge in [-0.25, -0.2) is 0 Å². The summed E-state index contributed by atoms with van der Waals surface area (Å²) in [4.78, 5) is 2.27. The van der Waals surface area contributed by atoms with E-state index in [0.29, 0.717) is 6.17 Å². The van der Waals surface area contributed by atoms with Crippen molar-refractivity contribution in [2.45, 2.75) is 32.9 Å². The summed E-state index contributed by atoms with van der Waals surface area (Å²) in [5.74, 6) is 0. The molecule has 1 heterocycles. The Morgan fingerprint density at radius 1 is 1.45 bits per heavy atom. The van der Waals surface area contributed by atoms with Gasteiger partial charge in [-0.05, 0) is 13.3 Å². The quantitative estimate of drug-likeness (QED) is 0.612. The summed E-state index contributed by atoms with van der Waals surface area (Å²) in [6.45, 7) is 5.42. The Labute approximate surface area is 68.7 Å². The third kappa shape index (κ3) is 1.64. The van der Waals surface area contributed by atoms with Crippen LogP contribution in [0.2, 0.25) is 0 Å². The summed E-state index contributed by atoms with van der Waals surface area (Å²) < 4.78 is 0. The van der Waals surface area contributed by atoms with Crippen LogP contribution in [0, 0.1) is 0 Å². The highest BCUT2D eigenvalue weighted by Crippen LogP contribution is 2.14. The molecule has 0 N–H and O–H groups in total. The van der Waals surface area contributed by atoms with Crippen molar-refractivity contribution < 1.29 is 0 Å². The molecule has 1 unspecified atom stereocenters. The Hall–Kier alpha value is -0.730. The van der Waals surface area contributed by atoms with E-state index in [9.17, 15) is 0 Å². The summed E-state index contributed by atoms with van der Waals surface area (Å²) in [5, 5.41) is 6.26. The van der Waals surface area contributed by atoms with Crippen molar-refractivity contribution in [3.8, 4) is 0 Å². The molecule has 1 rings (SSSR count). The Morgan fingerprint density at radius 2 is 2.18 bits per heavy atom. The maximum absolute atomic E-state index is 4.22. The van der Waals surface area contributed by atoms with Crippen LogP contribution in [-0.2, 0) is 0 Å². The lowest BCUT2D eigenvalue weighted by Crippen LogP contribution is -2.37. The smallest absolute Gasteiger partial charge is 0.118 e. The number of rotatable bonds is 3. The zero-order valence-electron chi connectivity index (χ0n) is 7.62. The fourth-order valence-corrected chi connectivity index (χ4v) is 1.42. The molecule has 0 bridgehead atoms. The van der Waals surface area contributed by atoms with Crippen LogP contribution >= 0.6 is 0 Å². The summed E-state index contributed by atoms with van der Waals surface area (Å²) in [6, 6.07) is 0. The Morgan fingerprint density at radius 3 is 2.73 bits per heavy atom. The van der Waals surface area contributed by atoms with Gasteiger partial charge in [0.2, 0.25) is 0 Å². The second-order valence-electron chi connectivity index (χ2n) is 2.90. The third-order valence-electron chi connectivity index (χ3n) is 2.11. The van der Waals surface area contributed by atoms with Crippen LogP contribution in [0.3, 0.4) is 0 Å². The SMILES string of the molecule is CCCC1N(CC)C=NN1C. The first-order valence-corrected chi connectivity index (χ1v) is 4.32. The second kappa shape index (κ2) is 3.60. The van der Waals surface area contributed by atoms with E-state index in [1.807, 2.05) is 18.4 Å². The normalized spacial score (nSPS) is 23.4. The zero-order chi connectivity index (χ0) is 8.27. The van der Waals surface area contributed by atoms with Gasteiger partial charge in [0.05, 0.1) is 0 Å². The monoisotopic (exact) mass is 155 g/mol. The molecule has 3 heteroatoms. The lowest BCUT2D eigenvalue weighted by Gasteiger charge is -2.26. The van der Waals surface area contributed by atoms with Gasteiger partial charge < -0.3 is 4.90 Å². The molecule has 0 aliphatic carbocycles. The first-order valence-electron chi connectivity index (χ1n) is 4.32. The highest BCUT2D eigenvalue weighted by molar-refractivity contribution is 5.56. The third-order valence-corrected chi connectivity index (χ3v) is 2.11. The van der Waals surface area contributed by atoms with Gasteiger partial charge in [0.1, 0.15) is 12.5 Å². The number of nitrogens with zero attached hydrogens (tertiary/aromatic N) is 3. The molecule has 0 aromatic heterocycles. The molecular formula is C8H17N3. The lowest BCUT2D eigenvalue weighted by atomic mass is 10.2. The standard InChI is InChI=1S/C8H17N3/c1-4-6-8-10(3)9-7-11(8)5-2/h7-8H,4-6H2,1-3H3. The Kier molecular flexibility index (Phi) is 2.74. The Bertz CT molecular complexity index is 144. The van der Waals surface area contributed by atoms with Crippen molar-refractivity contribution in [3.63, 3.8) is 0 Å². The number of hydrogen-bond donors (Lipinski definition) is 0. The molecule has 1 atom stereocenters. The first kappa shape index (κ1) is 8.37. The Balaban J connectivity index is 2.47. The van der Waals surface area contributed by atoms with Crippen molar-refractivity contribution in [1.29, 1.82) is 0 Å². The van der Waals surface area contributed by atoms with Crippen molar-refractivity contribution in [2.24, 2.45) is 5.10 Å². The van der Waals surface area contributed by atoms with Gasteiger partial charge in [-0.1, -0.05) is 13.3 Å². The molecule has 0 aromatic carbocycles. The van der Waals surface area contributed by atoms with Gasteiger partial charge in [0, 0.05) is 13.6 Å². The summed E-state index contributed by atoms with van der Waals surface area (Å²) in [5.41, 5.74) is 0. The molecular weight excluding hydrogens is 138 g/mol. The van der Waals surface area contributed by atoms with Crippen molar-refractivity contribution in [3.05, 3.63) is 0 Å². The van der Waals surface area contributed by atoms with Crippen LogP contribution < -0.4 is 0 Å². The molecule has 3 nitrogen and oxygen atoms in total. The predicted octanol–water partition coefficient (Wildman–Crippen LogP) is 1.32. The van der Waals surface area contributed by atoms with E-state index in [1.54, 1.807) is 0 Å². The van der Waals surface area contributed by atoms with Crippen LogP contribution in [0.1, 0.15) is 26.7 Å². The van der Waals surface area contributed by atoms with Gasteiger partial charge in [-0.2, -0.15) is 5.10 Å². The molecule has 0 saturated heterocycles. The molecule has 0 spiro atoms. The summed E-state index contributed by atoms with van der Waals surface area (Å²) in [7, 11) is 2.03. The van der Waals surface area contributed by atoms with Crippen LogP contribution in [0.5, 0.6) is 0 Å². The minimum atomic E-state index is 0.505. The zero-order valence-corrected chi connectivity index (χ0v) is 7.62. The molecule has 1 aliphatic rings. The van der Waals surface area contributed by atoms with E-state index < -0.39 is 0 Å². The fraction of sp³-hybridized carbons (Fsp3) is 0.875. The minimum Gasteiger partial charge on any atom is -0.340 e. The van der Waals surface area contributed by atoms with Gasteiger partial charge >= 0.3 is 0 Å². The number of hydrazone groups is 1. The highest BCUT2D eigenvalue weighted by atomic mass is 15.6. The molecule has 0 radical (unpaired) electrons. The first-order chi connectivity index (χ1) is 5.29. The summed E-state index contributed by atoms with van der Waals surface area (Å²) in [6.07, 6.45) is 4.85. The van der Waals surface area contributed by atoms with Crippen LogP contribution in [0.25, 0.3) is 0 Å². The molecule has 1 aliphatic heterocycles. The maximum atomic E-state index is 4.22. The van der Waals surface area contributed by atoms with Gasteiger partial charge in [-0.15, -0.1) is 0 Å². The molecule has 11 heavy (non-hydrogen) atoms. The minimum absolute atomic E-state index is 0.505. The average molecular weight is 155 g/mol. The van der Waals surface area contributed by atoms with E-state index in [2.05, 4.69) is 23.8 Å². The fourth-order valence-electron chi connectivity index (χ4n) is 1.42.